The van der Waals surface area contributed by atoms with Crippen molar-refractivity contribution in [2.24, 2.45) is 5.92 Å². The fraction of sp³-hybridized carbons (Fsp3) is 0.600. The maximum atomic E-state index is 12.7. The van der Waals surface area contributed by atoms with Gasteiger partial charge in [0.2, 0.25) is 5.91 Å². The highest BCUT2D eigenvalue weighted by Gasteiger charge is 2.44. The van der Waals surface area contributed by atoms with Crippen LogP contribution in [0, 0.1) is 5.92 Å². The Morgan fingerprint density at radius 1 is 1.32 bits per heavy atom. The Morgan fingerprint density at radius 3 is 2.76 bits per heavy atom. The van der Waals surface area contributed by atoms with Gasteiger partial charge in [0.05, 0.1) is 6.04 Å². The van der Waals surface area contributed by atoms with Crippen LogP contribution in [0.4, 0.5) is 4.79 Å². The number of hydrogen-bond acceptors (Lipinski definition) is 2. The predicted molar refractivity (Wildman–Crippen MR) is 98.3 cm³/mol. The average Bonchev–Trinajstić information content (AvgIpc) is 2.55. The third kappa shape index (κ3) is 3.51. The lowest BCUT2D eigenvalue weighted by molar-refractivity contribution is -0.140. The van der Waals surface area contributed by atoms with Crippen molar-refractivity contribution in [3.8, 4) is 0 Å². The van der Waals surface area contributed by atoms with Gasteiger partial charge in [0, 0.05) is 25.0 Å². The van der Waals surface area contributed by atoms with Crippen LogP contribution < -0.4 is 5.32 Å². The highest BCUT2D eigenvalue weighted by Crippen LogP contribution is 2.41. The first-order valence-corrected chi connectivity index (χ1v) is 9.21. The second-order valence-electron chi connectivity index (χ2n) is 8.30. The fourth-order valence-electron chi connectivity index (χ4n) is 3.91. The van der Waals surface area contributed by atoms with Crippen molar-refractivity contribution in [3.05, 3.63) is 35.4 Å². The minimum absolute atomic E-state index is 0.0397. The van der Waals surface area contributed by atoms with Crippen LogP contribution in [0.3, 0.4) is 0 Å². The topological polar surface area (TPSA) is 52.7 Å². The molecule has 1 N–H and O–H groups in total. The molecule has 5 nitrogen and oxygen atoms in total. The smallest absolute Gasteiger partial charge is 0.317 e. The Morgan fingerprint density at radius 2 is 2.04 bits per heavy atom. The zero-order valence-electron chi connectivity index (χ0n) is 15.7. The molecule has 0 aliphatic carbocycles. The van der Waals surface area contributed by atoms with Crippen LogP contribution in [-0.2, 0) is 10.2 Å². The number of urea groups is 1. The van der Waals surface area contributed by atoms with Crippen molar-refractivity contribution >= 4 is 11.9 Å². The Kier molecular flexibility index (Phi) is 4.76. The summed E-state index contributed by atoms with van der Waals surface area (Å²) >= 11 is 0. The minimum Gasteiger partial charge on any atom is -0.338 e. The summed E-state index contributed by atoms with van der Waals surface area (Å²) in [6.45, 7) is 10.7. The van der Waals surface area contributed by atoms with Crippen molar-refractivity contribution < 1.29 is 9.59 Å². The molecule has 1 aromatic carbocycles. The molecule has 5 heteroatoms. The molecule has 1 unspecified atom stereocenters. The van der Waals surface area contributed by atoms with Crippen molar-refractivity contribution in [2.45, 2.75) is 45.6 Å². The van der Waals surface area contributed by atoms with Crippen molar-refractivity contribution in [3.63, 3.8) is 0 Å². The molecule has 2 aliphatic rings. The van der Waals surface area contributed by atoms with E-state index in [1.807, 2.05) is 11.0 Å². The van der Waals surface area contributed by atoms with Crippen LogP contribution in [0.5, 0.6) is 0 Å². The van der Waals surface area contributed by atoms with E-state index in [2.05, 4.69) is 51.2 Å². The summed E-state index contributed by atoms with van der Waals surface area (Å²) in [6.07, 6.45) is 0.945. The summed E-state index contributed by atoms with van der Waals surface area (Å²) in [6, 6.07) is 8.15. The number of nitrogens with zero attached hydrogens (tertiary/aromatic N) is 2. The van der Waals surface area contributed by atoms with E-state index in [0.29, 0.717) is 25.6 Å². The second kappa shape index (κ2) is 6.70. The van der Waals surface area contributed by atoms with E-state index in [1.165, 1.54) is 11.1 Å². The molecular formula is C20H29N3O2. The fourth-order valence-corrected chi connectivity index (χ4v) is 3.91. The molecule has 1 atom stereocenters. The molecule has 25 heavy (non-hydrogen) atoms. The minimum atomic E-state index is -0.129. The highest BCUT2D eigenvalue weighted by molar-refractivity contribution is 5.86. The van der Waals surface area contributed by atoms with Crippen LogP contribution in [0.15, 0.2) is 24.3 Å². The number of rotatable bonds is 3. The molecule has 2 heterocycles. The molecule has 1 fully saturated rings. The lowest BCUT2D eigenvalue weighted by Gasteiger charge is -2.49. The van der Waals surface area contributed by atoms with Gasteiger partial charge in [-0.1, -0.05) is 52.0 Å². The standard InChI is InChI=1S/C20H29N3O2/c1-14(2)9-10-21-19(25)22-11-17-15-7-5-6-8-16(15)20(3,4)13-23(17)18(24)12-22/h5-8,14,17H,9-13H2,1-4H3,(H,21,25). The van der Waals surface area contributed by atoms with E-state index in [9.17, 15) is 9.59 Å². The number of nitrogens with one attached hydrogen (secondary N) is 1. The molecule has 1 aromatic rings. The molecule has 1 saturated heterocycles. The van der Waals surface area contributed by atoms with Gasteiger partial charge in [-0.05, 0) is 23.5 Å². The molecule has 2 aliphatic heterocycles. The van der Waals surface area contributed by atoms with Crippen molar-refractivity contribution in [1.82, 2.24) is 15.1 Å². The first kappa shape index (κ1) is 17.8. The maximum Gasteiger partial charge on any atom is 0.317 e. The molecule has 0 aromatic heterocycles. The molecule has 0 saturated carbocycles. The Balaban J connectivity index is 1.79. The first-order valence-electron chi connectivity index (χ1n) is 9.21. The third-order valence-corrected chi connectivity index (χ3v) is 5.32. The third-order valence-electron chi connectivity index (χ3n) is 5.32. The second-order valence-corrected chi connectivity index (χ2v) is 8.30. The highest BCUT2D eigenvalue weighted by atomic mass is 16.2. The van der Waals surface area contributed by atoms with Gasteiger partial charge < -0.3 is 15.1 Å². The lowest BCUT2D eigenvalue weighted by atomic mass is 9.75. The van der Waals surface area contributed by atoms with E-state index in [1.54, 1.807) is 4.90 Å². The number of fused-ring (bicyclic) bond motifs is 3. The number of piperazine rings is 1. The summed E-state index contributed by atoms with van der Waals surface area (Å²) in [4.78, 5) is 28.8. The zero-order chi connectivity index (χ0) is 18.2. The number of hydrogen-bond donors (Lipinski definition) is 1. The predicted octanol–water partition coefficient (Wildman–Crippen LogP) is 2.92. The van der Waals surface area contributed by atoms with Crippen LogP contribution in [0.2, 0.25) is 0 Å². The molecule has 136 valence electrons. The van der Waals surface area contributed by atoms with Gasteiger partial charge in [-0.3, -0.25) is 4.79 Å². The van der Waals surface area contributed by atoms with Crippen LogP contribution in [0.1, 0.15) is 51.3 Å². The monoisotopic (exact) mass is 343 g/mol. The summed E-state index contributed by atoms with van der Waals surface area (Å²) in [7, 11) is 0. The van der Waals surface area contributed by atoms with Gasteiger partial charge >= 0.3 is 6.03 Å². The molecular weight excluding hydrogens is 314 g/mol. The molecule has 0 bridgehead atoms. The van der Waals surface area contributed by atoms with Crippen molar-refractivity contribution in [2.75, 3.05) is 26.2 Å². The van der Waals surface area contributed by atoms with Crippen LogP contribution in [0.25, 0.3) is 0 Å². The Hall–Kier alpha value is -2.04. The van der Waals surface area contributed by atoms with Crippen LogP contribution in [-0.4, -0.2) is 47.9 Å². The van der Waals surface area contributed by atoms with E-state index in [4.69, 9.17) is 0 Å². The quantitative estimate of drug-likeness (QED) is 0.917. The number of carbonyl (C=O) groups excluding carboxylic acids is 2. The molecule has 3 amide bonds. The van der Waals surface area contributed by atoms with Gasteiger partial charge in [0.15, 0.2) is 0 Å². The van der Waals surface area contributed by atoms with Gasteiger partial charge in [-0.15, -0.1) is 0 Å². The molecule has 3 rings (SSSR count). The van der Waals surface area contributed by atoms with Crippen molar-refractivity contribution in [1.29, 1.82) is 0 Å². The molecule has 0 radical (unpaired) electrons. The zero-order valence-corrected chi connectivity index (χ0v) is 15.7. The van der Waals surface area contributed by atoms with Gasteiger partial charge in [-0.2, -0.15) is 0 Å². The first-order chi connectivity index (χ1) is 11.8. The summed E-state index contributed by atoms with van der Waals surface area (Å²) in [5.74, 6) is 0.587. The van der Waals surface area contributed by atoms with E-state index in [-0.39, 0.29) is 29.9 Å². The normalized spacial score (nSPS) is 21.8. The summed E-state index contributed by atoms with van der Waals surface area (Å²) < 4.78 is 0. The van der Waals surface area contributed by atoms with Gasteiger partial charge in [-0.25, -0.2) is 4.79 Å². The SMILES string of the molecule is CC(C)CCNC(=O)N1CC(=O)N2CC(C)(C)c3ccccc3C2C1. The summed E-state index contributed by atoms with van der Waals surface area (Å²) in [5.41, 5.74) is 2.39. The van der Waals surface area contributed by atoms with E-state index < -0.39 is 0 Å². The van der Waals surface area contributed by atoms with E-state index >= 15 is 0 Å². The summed E-state index contributed by atoms with van der Waals surface area (Å²) in [5, 5.41) is 2.96. The average molecular weight is 343 g/mol. The van der Waals surface area contributed by atoms with Gasteiger partial charge in [0.25, 0.3) is 0 Å². The number of amides is 3. The molecule has 0 spiro atoms. The van der Waals surface area contributed by atoms with Crippen LogP contribution >= 0.6 is 0 Å². The Labute approximate surface area is 150 Å². The largest absolute Gasteiger partial charge is 0.338 e. The number of benzene rings is 1. The van der Waals surface area contributed by atoms with E-state index in [0.717, 1.165) is 6.42 Å². The lowest BCUT2D eigenvalue weighted by Crippen LogP contribution is -2.60. The number of carbonyl (C=O) groups is 2. The Bertz CT molecular complexity index is 669. The van der Waals surface area contributed by atoms with Gasteiger partial charge in [0.1, 0.15) is 6.54 Å². The maximum absolute atomic E-state index is 12.7.